The first-order chi connectivity index (χ1) is 14.7. The molecule has 0 atom stereocenters. The molecule has 0 unspecified atom stereocenters. The Labute approximate surface area is 196 Å². The summed E-state index contributed by atoms with van der Waals surface area (Å²) >= 11 is 3.61. The Balaban J connectivity index is 2.43. The van der Waals surface area contributed by atoms with Crippen molar-refractivity contribution >= 4 is 27.5 Å². The minimum atomic E-state index is -0.177. The molecule has 170 valence electrons. The Morgan fingerprint density at radius 1 is 1.03 bits per heavy atom. The zero-order valence-corrected chi connectivity index (χ0v) is 21.6. The van der Waals surface area contributed by atoms with E-state index < -0.39 is 0 Å². The second-order valence-electron chi connectivity index (χ2n) is 8.78. The van der Waals surface area contributed by atoms with Crippen LogP contribution in [-0.2, 0) is 0 Å². The van der Waals surface area contributed by atoms with Gasteiger partial charge >= 0.3 is 0 Å². The van der Waals surface area contributed by atoms with E-state index in [1.54, 1.807) is 0 Å². The lowest BCUT2D eigenvalue weighted by Gasteiger charge is -2.22. The molecule has 4 nitrogen and oxygen atoms in total. The first-order valence-electron chi connectivity index (χ1n) is 11.4. The summed E-state index contributed by atoms with van der Waals surface area (Å²) in [5.41, 5.74) is 5.18. The topological polar surface area (TPSA) is 51.2 Å². The van der Waals surface area contributed by atoms with E-state index in [4.69, 9.17) is 4.74 Å². The van der Waals surface area contributed by atoms with Gasteiger partial charge in [-0.15, -0.1) is 0 Å². The summed E-state index contributed by atoms with van der Waals surface area (Å²) in [6.07, 6.45) is 4.46. The van der Waals surface area contributed by atoms with Gasteiger partial charge in [0.2, 0.25) is 0 Å². The highest BCUT2D eigenvalue weighted by Gasteiger charge is 2.24. The number of hydrogen-bond donors (Lipinski definition) is 1. The maximum absolute atomic E-state index is 13.6. The van der Waals surface area contributed by atoms with E-state index in [-0.39, 0.29) is 5.91 Å². The van der Waals surface area contributed by atoms with Crippen molar-refractivity contribution in [1.82, 2.24) is 4.98 Å². The lowest BCUT2D eigenvalue weighted by molar-refractivity contribution is 0.102. The third-order valence-electron chi connectivity index (χ3n) is 5.52. The number of carbonyl (C=O) groups is 1. The van der Waals surface area contributed by atoms with Crippen LogP contribution in [-0.4, -0.2) is 17.5 Å². The highest BCUT2D eigenvalue weighted by molar-refractivity contribution is 9.10. The molecular weight excluding hydrogens is 452 g/mol. The summed E-state index contributed by atoms with van der Waals surface area (Å²) in [5.74, 6) is 1.01. The first kappa shape index (κ1) is 25.4. The summed E-state index contributed by atoms with van der Waals surface area (Å²) in [4.78, 5) is 18.1. The number of amides is 1. The number of anilines is 1. The average molecular weight is 489 g/mol. The summed E-state index contributed by atoms with van der Waals surface area (Å²) in [6.45, 7) is 15.2. The molecule has 1 aromatic heterocycles. The smallest absolute Gasteiger partial charge is 0.261 e. The van der Waals surface area contributed by atoms with Crippen LogP contribution < -0.4 is 10.1 Å². The van der Waals surface area contributed by atoms with Crippen LogP contribution in [0.5, 0.6) is 5.75 Å². The highest BCUT2D eigenvalue weighted by Crippen LogP contribution is 2.36. The predicted molar refractivity (Wildman–Crippen MR) is 134 cm³/mol. The fraction of sp³-hybridized carbons (Fsp3) is 0.538. The van der Waals surface area contributed by atoms with Gasteiger partial charge in [-0.05, 0) is 59.2 Å². The van der Waals surface area contributed by atoms with Crippen molar-refractivity contribution in [2.45, 2.75) is 86.0 Å². The summed E-state index contributed by atoms with van der Waals surface area (Å²) < 4.78 is 6.89. The molecule has 0 fully saturated rings. The van der Waals surface area contributed by atoms with Gasteiger partial charge in [0.25, 0.3) is 5.91 Å². The number of nitrogens with zero attached hydrogens (tertiary/aromatic N) is 1. The van der Waals surface area contributed by atoms with Crippen LogP contribution in [0.3, 0.4) is 0 Å². The van der Waals surface area contributed by atoms with Crippen LogP contribution in [0, 0.1) is 13.8 Å². The van der Waals surface area contributed by atoms with E-state index in [1.807, 2.05) is 13.8 Å². The second-order valence-corrected chi connectivity index (χ2v) is 9.58. The molecule has 31 heavy (non-hydrogen) atoms. The van der Waals surface area contributed by atoms with Crippen LogP contribution in [0.2, 0.25) is 0 Å². The number of halogens is 1. The van der Waals surface area contributed by atoms with Crippen molar-refractivity contribution in [1.29, 1.82) is 0 Å². The van der Waals surface area contributed by atoms with Gasteiger partial charge in [-0.3, -0.25) is 9.78 Å². The third-order valence-corrected chi connectivity index (χ3v) is 6.46. The predicted octanol–water partition coefficient (Wildman–Crippen LogP) is 7.92. The number of nitrogens with one attached hydrogen (secondary N) is 1. The molecule has 0 radical (unpaired) electrons. The zero-order valence-electron chi connectivity index (χ0n) is 20.1. The van der Waals surface area contributed by atoms with Crippen LogP contribution in [0.15, 0.2) is 22.7 Å². The quantitative estimate of drug-likeness (QED) is 0.345. The molecule has 0 aliphatic carbocycles. The standard InChI is InChI=1S/C26H37BrN2O2/c1-8-9-10-11-15-31-25-22(18(6)28-19(7)23(25)27)26(30)29-24-20(16(2)3)13-12-14-21(24)17(4)5/h12-14,16-17H,8-11,15H2,1-7H3,(H,29,30). The summed E-state index contributed by atoms with van der Waals surface area (Å²) in [7, 11) is 0. The number of carbonyl (C=O) groups excluding carboxylic acids is 1. The highest BCUT2D eigenvalue weighted by atomic mass is 79.9. The maximum atomic E-state index is 13.6. The molecule has 0 bridgehead atoms. The number of ether oxygens (including phenoxy) is 1. The number of unbranched alkanes of at least 4 members (excludes halogenated alkanes) is 3. The van der Waals surface area contributed by atoms with Gasteiger partial charge in [0.05, 0.1) is 22.5 Å². The van der Waals surface area contributed by atoms with E-state index in [0.29, 0.717) is 35.4 Å². The van der Waals surface area contributed by atoms with Crippen LogP contribution >= 0.6 is 15.9 Å². The molecule has 1 aromatic carbocycles. The summed E-state index contributed by atoms with van der Waals surface area (Å²) in [5, 5.41) is 3.22. The Morgan fingerprint density at radius 3 is 2.19 bits per heavy atom. The number of aromatic nitrogens is 1. The van der Waals surface area contributed by atoms with Gasteiger partial charge in [-0.2, -0.15) is 0 Å². The fourth-order valence-corrected chi connectivity index (χ4v) is 4.17. The van der Waals surface area contributed by atoms with Crippen LogP contribution in [0.25, 0.3) is 0 Å². The molecule has 0 spiro atoms. The first-order valence-corrected chi connectivity index (χ1v) is 12.2. The number of aryl methyl sites for hydroxylation is 2. The van der Waals surface area contributed by atoms with E-state index >= 15 is 0 Å². The number of benzene rings is 1. The Hall–Kier alpha value is -1.88. The van der Waals surface area contributed by atoms with E-state index in [0.717, 1.165) is 39.8 Å². The van der Waals surface area contributed by atoms with E-state index in [9.17, 15) is 4.79 Å². The monoisotopic (exact) mass is 488 g/mol. The number of para-hydroxylation sites is 1. The van der Waals surface area contributed by atoms with E-state index in [1.165, 1.54) is 12.8 Å². The van der Waals surface area contributed by atoms with Crippen molar-refractivity contribution in [3.63, 3.8) is 0 Å². The van der Waals surface area contributed by atoms with Crippen molar-refractivity contribution < 1.29 is 9.53 Å². The molecule has 0 saturated heterocycles. The Bertz CT molecular complexity index is 881. The van der Waals surface area contributed by atoms with Gasteiger partial charge in [0, 0.05) is 5.69 Å². The zero-order chi connectivity index (χ0) is 23.1. The molecule has 0 aliphatic heterocycles. The maximum Gasteiger partial charge on any atom is 0.261 e. The summed E-state index contributed by atoms with van der Waals surface area (Å²) in [6, 6.07) is 6.25. The third kappa shape index (κ3) is 6.31. The van der Waals surface area contributed by atoms with Gasteiger partial charge in [-0.1, -0.05) is 72.1 Å². The average Bonchev–Trinajstić information content (AvgIpc) is 2.70. The largest absolute Gasteiger partial charge is 0.491 e. The molecule has 1 amide bonds. The van der Waals surface area contributed by atoms with Gasteiger partial charge in [0.1, 0.15) is 11.3 Å². The van der Waals surface area contributed by atoms with Crippen molar-refractivity contribution in [2.75, 3.05) is 11.9 Å². The van der Waals surface area contributed by atoms with E-state index in [2.05, 4.69) is 79.0 Å². The molecular formula is C26H37BrN2O2. The Kier molecular flexibility index (Phi) is 9.54. The molecule has 2 aromatic rings. The molecule has 0 aliphatic rings. The van der Waals surface area contributed by atoms with Crippen LogP contribution in [0.1, 0.15) is 105 Å². The lowest BCUT2D eigenvalue weighted by Crippen LogP contribution is -2.19. The normalized spacial score (nSPS) is 11.3. The van der Waals surface area contributed by atoms with Crippen LogP contribution in [0.4, 0.5) is 5.69 Å². The van der Waals surface area contributed by atoms with Gasteiger partial charge in [0.15, 0.2) is 0 Å². The molecule has 5 heteroatoms. The fourth-order valence-electron chi connectivity index (χ4n) is 3.77. The second kappa shape index (κ2) is 11.7. The molecule has 0 saturated carbocycles. The minimum Gasteiger partial charge on any atom is -0.491 e. The SMILES string of the molecule is CCCCCCOc1c(Br)c(C)nc(C)c1C(=O)Nc1c(C(C)C)cccc1C(C)C. The Morgan fingerprint density at radius 2 is 1.65 bits per heavy atom. The number of rotatable bonds is 10. The van der Waals surface area contributed by atoms with Crippen molar-refractivity contribution in [3.05, 3.63) is 50.8 Å². The van der Waals surface area contributed by atoms with Gasteiger partial charge < -0.3 is 10.1 Å². The minimum absolute atomic E-state index is 0.177. The lowest BCUT2D eigenvalue weighted by atomic mass is 9.92. The van der Waals surface area contributed by atoms with Crippen molar-refractivity contribution in [3.8, 4) is 5.75 Å². The van der Waals surface area contributed by atoms with Crippen molar-refractivity contribution in [2.24, 2.45) is 0 Å². The number of pyridine rings is 1. The molecule has 2 rings (SSSR count). The molecule has 1 heterocycles. The number of hydrogen-bond acceptors (Lipinski definition) is 3. The molecule has 1 N–H and O–H groups in total. The van der Waals surface area contributed by atoms with Gasteiger partial charge in [-0.25, -0.2) is 0 Å².